The van der Waals surface area contributed by atoms with Gasteiger partial charge >= 0.3 is 6.09 Å². The molecular formula is C21H34N2O4S. The van der Waals surface area contributed by atoms with Crippen LogP contribution in [0.1, 0.15) is 46.5 Å². The molecule has 7 heteroatoms. The van der Waals surface area contributed by atoms with E-state index in [-0.39, 0.29) is 6.09 Å². The van der Waals surface area contributed by atoms with Crippen LogP contribution in [0, 0.1) is 5.92 Å². The third-order valence-electron chi connectivity index (χ3n) is 5.08. The maximum atomic E-state index is 12.1. The molecule has 0 unspecified atom stereocenters. The highest BCUT2D eigenvalue weighted by Crippen LogP contribution is 2.24. The zero-order valence-electron chi connectivity index (χ0n) is 17.8. The highest BCUT2D eigenvalue weighted by atomic mass is 32.2. The van der Waals surface area contributed by atoms with Crippen molar-refractivity contribution in [3.05, 3.63) is 24.3 Å². The van der Waals surface area contributed by atoms with E-state index in [9.17, 15) is 13.2 Å². The number of piperidine rings is 1. The summed E-state index contributed by atoms with van der Waals surface area (Å²) in [6.07, 6.45) is 5.26. The number of anilines is 1. The van der Waals surface area contributed by atoms with Crippen LogP contribution >= 0.6 is 0 Å². The maximum absolute atomic E-state index is 12.1. The van der Waals surface area contributed by atoms with Crippen molar-refractivity contribution >= 4 is 21.6 Å². The number of rotatable bonds is 6. The van der Waals surface area contributed by atoms with E-state index in [1.54, 1.807) is 12.1 Å². The van der Waals surface area contributed by atoms with Gasteiger partial charge in [0.05, 0.1) is 4.90 Å². The first kappa shape index (κ1) is 22.5. The normalized spacial score (nSPS) is 16.1. The van der Waals surface area contributed by atoms with Crippen LogP contribution in [0.15, 0.2) is 29.2 Å². The number of carbonyl (C=O) groups excluding carboxylic acids is 1. The molecule has 6 nitrogen and oxygen atoms in total. The van der Waals surface area contributed by atoms with Gasteiger partial charge in [-0.1, -0.05) is 0 Å². The summed E-state index contributed by atoms with van der Waals surface area (Å²) in [5.41, 5.74) is 0.574. The van der Waals surface area contributed by atoms with E-state index in [2.05, 4.69) is 4.90 Å². The minimum atomic E-state index is -3.15. The molecule has 158 valence electrons. The van der Waals surface area contributed by atoms with Crippen molar-refractivity contribution in [3.8, 4) is 0 Å². The fourth-order valence-electron chi connectivity index (χ4n) is 3.42. The predicted molar refractivity (Wildman–Crippen MR) is 113 cm³/mol. The van der Waals surface area contributed by atoms with Gasteiger partial charge in [-0.25, -0.2) is 13.2 Å². The molecule has 0 aliphatic carbocycles. The molecule has 1 aromatic carbocycles. The lowest BCUT2D eigenvalue weighted by atomic mass is 9.92. The van der Waals surface area contributed by atoms with E-state index in [4.69, 9.17) is 4.74 Å². The fraction of sp³-hybridized carbons (Fsp3) is 0.667. The molecule has 0 bridgehead atoms. The van der Waals surface area contributed by atoms with Gasteiger partial charge in [0.25, 0.3) is 0 Å². The summed E-state index contributed by atoms with van der Waals surface area (Å²) in [6.45, 7) is 8.13. The number of carbonyl (C=O) groups is 1. The molecule has 0 atom stereocenters. The molecule has 1 aliphatic rings. The summed E-state index contributed by atoms with van der Waals surface area (Å²) >= 11 is 0. The van der Waals surface area contributed by atoms with Crippen molar-refractivity contribution in [1.29, 1.82) is 0 Å². The van der Waals surface area contributed by atoms with Crippen molar-refractivity contribution in [3.63, 3.8) is 0 Å². The molecule has 1 fully saturated rings. The predicted octanol–water partition coefficient (Wildman–Crippen LogP) is 3.95. The number of benzene rings is 1. The average molecular weight is 411 g/mol. The van der Waals surface area contributed by atoms with Crippen LogP contribution in [-0.2, 0) is 14.6 Å². The van der Waals surface area contributed by atoms with Crippen LogP contribution in [0.4, 0.5) is 10.5 Å². The molecule has 0 spiro atoms. The highest BCUT2D eigenvalue weighted by Gasteiger charge is 2.26. The molecule has 28 heavy (non-hydrogen) atoms. The van der Waals surface area contributed by atoms with Gasteiger partial charge in [-0.2, -0.15) is 0 Å². The lowest BCUT2D eigenvalue weighted by molar-refractivity contribution is 0.0181. The lowest BCUT2D eigenvalue weighted by Gasteiger charge is -2.33. The Kier molecular flexibility index (Phi) is 7.37. The Bertz CT molecular complexity index is 746. The Hall–Kier alpha value is -1.76. The van der Waals surface area contributed by atoms with Crippen molar-refractivity contribution in [2.24, 2.45) is 5.92 Å². The summed E-state index contributed by atoms with van der Waals surface area (Å²) < 4.78 is 28.5. The van der Waals surface area contributed by atoms with Gasteiger partial charge in [0.15, 0.2) is 9.84 Å². The van der Waals surface area contributed by atoms with Crippen LogP contribution in [-0.4, -0.2) is 57.9 Å². The smallest absolute Gasteiger partial charge is 0.410 e. The molecule has 1 amide bonds. The summed E-state index contributed by atoms with van der Waals surface area (Å²) in [4.78, 5) is 16.4. The number of likely N-dealkylation sites (tertiary alicyclic amines) is 1. The summed E-state index contributed by atoms with van der Waals surface area (Å²) in [5.74, 6) is 0.639. The van der Waals surface area contributed by atoms with Crippen LogP contribution in [0.2, 0.25) is 0 Å². The minimum absolute atomic E-state index is 0.205. The van der Waals surface area contributed by atoms with Crippen LogP contribution in [0.25, 0.3) is 0 Å². The standard InChI is InChI=1S/C21H34N2O4S/c1-21(2,3)27-20(24)23-15-12-17(13-16-23)7-6-14-22(4)18-8-10-19(11-9-18)28(5,25)26/h8-11,17H,6-7,12-16H2,1-5H3. The first-order valence-electron chi connectivity index (χ1n) is 9.95. The molecule has 0 radical (unpaired) electrons. The lowest BCUT2D eigenvalue weighted by Crippen LogP contribution is -2.41. The molecular weight excluding hydrogens is 376 g/mol. The van der Waals surface area contributed by atoms with Gasteiger partial charge in [-0.15, -0.1) is 0 Å². The number of hydrogen-bond donors (Lipinski definition) is 0. The van der Waals surface area contributed by atoms with E-state index in [1.807, 2.05) is 44.9 Å². The SMILES string of the molecule is CN(CCCC1CCN(C(=O)OC(C)(C)C)CC1)c1ccc(S(C)(=O)=O)cc1. The second-order valence-corrected chi connectivity index (χ2v) is 10.8. The number of ether oxygens (including phenoxy) is 1. The molecule has 1 heterocycles. The Labute approximate surface area is 169 Å². The number of nitrogens with zero attached hydrogens (tertiary/aromatic N) is 2. The average Bonchev–Trinajstić information content (AvgIpc) is 2.60. The minimum Gasteiger partial charge on any atom is -0.444 e. The van der Waals surface area contributed by atoms with Gasteiger partial charge < -0.3 is 14.5 Å². The Balaban J connectivity index is 1.72. The summed E-state index contributed by atoms with van der Waals surface area (Å²) in [7, 11) is -1.12. The molecule has 0 saturated carbocycles. The maximum Gasteiger partial charge on any atom is 0.410 e. The molecule has 1 aromatic rings. The number of hydrogen-bond acceptors (Lipinski definition) is 5. The van der Waals surface area contributed by atoms with E-state index in [1.165, 1.54) is 6.26 Å². The Morgan fingerprint density at radius 3 is 2.25 bits per heavy atom. The van der Waals surface area contributed by atoms with Gasteiger partial charge in [0, 0.05) is 38.6 Å². The zero-order chi connectivity index (χ0) is 20.9. The molecule has 1 aliphatic heterocycles. The molecule has 0 aromatic heterocycles. The largest absolute Gasteiger partial charge is 0.444 e. The van der Waals surface area contributed by atoms with Crippen LogP contribution in [0.3, 0.4) is 0 Å². The second-order valence-electron chi connectivity index (χ2n) is 8.74. The van der Waals surface area contributed by atoms with Gasteiger partial charge in [-0.3, -0.25) is 0 Å². The molecule has 2 rings (SSSR count). The van der Waals surface area contributed by atoms with Gasteiger partial charge in [-0.05, 0) is 76.6 Å². The first-order valence-corrected chi connectivity index (χ1v) is 11.8. The van der Waals surface area contributed by atoms with E-state index in [0.717, 1.165) is 51.0 Å². The summed E-state index contributed by atoms with van der Waals surface area (Å²) in [6, 6.07) is 7.03. The summed E-state index contributed by atoms with van der Waals surface area (Å²) in [5, 5.41) is 0. The van der Waals surface area contributed by atoms with Crippen molar-refractivity contribution in [2.75, 3.05) is 37.8 Å². The first-order chi connectivity index (χ1) is 13.0. The second kappa shape index (κ2) is 9.16. The van der Waals surface area contributed by atoms with Crippen molar-refractivity contribution < 1.29 is 17.9 Å². The monoisotopic (exact) mass is 410 g/mol. The van der Waals surface area contributed by atoms with E-state index in [0.29, 0.717) is 10.8 Å². The Morgan fingerprint density at radius 2 is 1.75 bits per heavy atom. The van der Waals surface area contributed by atoms with E-state index < -0.39 is 15.4 Å². The van der Waals surface area contributed by atoms with Crippen LogP contribution < -0.4 is 4.90 Å². The number of amides is 1. The topological polar surface area (TPSA) is 66.9 Å². The zero-order valence-corrected chi connectivity index (χ0v) is 18.6. The van der Waals surface area contributed by atoms with Crippen LogP contribution in [0.5, 0.6) is 0 Å². The van der Waals surface area contributed by atoms with Gasteiger partial charge in [0.2, 0.25) is 0 Å². The highest BCUT2D eigenvalue weighted by molar-refractivity contribution is 7.90. The van der Waals surface area contributed by atoms with E-state index >= 15 is 0 Å². The van der Waals surface area contributed by atoms with Crippen molar-refractivity contribution in [1.82, 2.24) is 4.90 Å². The third kappa shape index (κ3) is 7.00. The molecule has 0 N–H and O–H groups in total. The molecule has 1 saturated heterocycles. The quantitative estimate of drug-likeness (QED) is 0.710. The Morgan fingerprint density at radius 1 is 1.18 bits per heavy atom. The third-order valence-corrected chi connectivity index (χ3v) is 6.21. The van der Waals surface area contributed by atoms with Gasteiger partial charge in [0.1, 0.15) is 5.60 Å². The van der Waals surface area contributed by atoms with Crippen molar-refractivity contribution in [2.45, 2.75) is 57.0 Å². The number of sulfone groups is 1. The fourth-order valence-corrected chi connectivity index (χ4v) is 4.06.